The van der Waals surface area contributed by atoms with Crippen molar-refractivity contribution >= 4 is 22.4 Å². The molecule has 5 nitrogen and oxygen atoms in total. The third-order valence-electron chi connectivity index (χ3n) is 3.54. The summed E-state index contributed by atoms with van der Waals surface area (Å²) in [5.41, 5.74) is 0.795. The van der Waals surface area contributed by atoms with Gasteiger partial charge in [-0.2, -0.15) is 0 Å². The van der Waals surface area contributed by atoms with Crippen molar-refractivity contribution in [2.45, 2.75) is 33.6 Å². The van der Waals surface area contributed by atoms with Crippen LogP contribution in [0.15, 0.2) is 5.38 Å². The summed E-state index contributed by atoms with van der Waals surface area (Å²) in [5.74, 6) is -0.239. The summed E-state index contributed by atoms with van der Waals surface area (Å²) < 4.78 is 4.67. The van der Waals surface area contributed by atoms with Gasteiger partial charge >= 0.3 is 5.97 Å². The zero-order valence-electron chi connectivity index (χ0n) is 13.6. The van der Waals surface area contributed by atoms with Crippen LogP contribution in [0, 0.1) is 0 Å². The Bertz CT molecular complexity index is 419. The first-order chi connectivity index (χ1) is 10.1. The molecule has 21 heavy (non-hydrogen) atoms. The smallest absolute Gasteiger partial charge is 0.311 e. The van der Waals surface area contributed by atoms with Gasteiger partial charge in [0.05, 0.1) is 19.2 Å². The van der Waals surface area contributed by atoms with Gasteiger partial charge in [0.15, 0.2) is 5.13 Å². The van der Waals surface area contributed by atoms with E-state index in [2.05, 4.69) is 40.3 Å². The van der Waals surface area contributed by atoms with E-state index in [4.69, 9.17) is 0 Å². The Hall–Kier alpha value is -1.14. The predicted molar refractivity (Wildman–Crippen MR) is 88.1 cm³/mol. The van der Waals surface area contributed by atoms with Crippen LogP contribution in [0.5, 0.6) is 0 Å². The molecule has 0 aromatic carbocycles. The number of carbonyl (C=O) groups is 1. The number of ether oxygens (including phenoxy) is 1. The molecule has 0 radical (unpaired) electrons. The Morgan fingerprint density at radius 3 is 2.52 bits per heavy atom. The minimum atomic E-state index is -0.239. The van der Waals surface area contributed by atoms with E-state index in [0.29, 0.717) is 0 Å². The van der Waals surface area contributed by atoms with Crippen LogP contribution in [-0.4, -0.2) is 55.7 Å². The van der Waals surface area contributed by atoms with Crippen LogP contribution >= 0.6 is 11.3 Å². The molecule has 0 unspecified atom stereocenters. The van der Waals surface area contributed by atoms with Gasteiger partial charge in [-0.3, -0.25) is 4.79 Å². The number of thiazole rings is 1. The van der Waals surface area contributed by atoms with Crippen molar-refractivity contribution in [2.24, 2.45) is 0 Å². The number of rotatable bonds is 10. The Morgan fingerprint density at radius 2 is 1.95 bits per heavy atom. The van der Waals surface area contributed by atoms with E-state index in [1.807, 2.05) is 5.38 Å². The van der Waals surface area contributed by atoms with Crippen LogP contribution in [0.25, 0.3) is 0 Å². The summed E-state index contributed by atoms with van der Waals surface area (Å²) in [5, 5.41) is 2.94. The lowest BCUT2D eigenvalue weighted by Gasteiger charge is -2.23. The lowest BCUT2D eigenvalue weighted by Crippen LogP contribution is -2.30. The lowest BCUT2D eigenvalue weighted by atomic mass is 10.3. The van der Waals surface area contributed by atoms with Gasteiger partial charge in [0.25, 0.3) is 0 Å². The molecule has 0 amide bonds. The maximum Gasteiger partial charge on any atom is 0.311 e. The molecule has 1 aromatic rings. The summed E-state index contributed by atoms with van der Waals surface area (Å²) in [4.78, 5) is 20.5. The van der Waals surface area contributed by atoms with Crippen molar-refractivity contribution in [3.05, 3.63) is 11.1 Å². The lowest BCUT2D eigenvalue weighted by molar-refractivity contribution is -0.139. The highest BCUT2D eigenvalue weighted by atomic mass is 32.1. The number of hydrogen-bond acceptors (Lipinski definition) is 6. The molecule has 1 rings (SSSR count). The van der Waals surface area contributed by atoms with Crippen LogP contribution in [0.4, 0.5) is 5.13 Å². The Morgan fingerprint density at radius 1 is 1.24 bits per heavy atom. The van der Waals surface area contributed by atoms with E-state index in [-0.39, 0.29) is 12.4 Å². The fraction of sp³-hybridized carbons (Fsp3) is 0.733. The number of carbonyl (C=O) groups excluding carboxylic acids is 1. The second-order valence-corrected chi connectivity index (χ2v) is 5.67. The topological polar surface area (TPSA) is 45.7 Å². The second kappa shape index (κ2) is 9.73. The van der Waals surface area contributed by atoms with Crippen molar-refractivity contribution in [3.63, 3.8) is 0 Å². The molecule has 0 bridgehead atoms. The first-order valence-corrected chi connectivity index (χ1v) is 8.51. The second-order valence-electron chi connectivity index (χ2n) is 4.83. The fourth-order valence-electron chi connectivity index (χ4n) is 2.16. The van der Waals surface area contributed by atoms with E-state index in [9.17, 15) is 4.79 Å². The summed E-state index contributed by atoms with van der Waals surface area (Å²) in [6, 6.07) is 0. The quantitative estimate of drug-likeness (QED) is 0.621. The average molecular weight is 313 g/mol. The van der Waals surface area contributed by atoms with Crippen LogP contribution in [0.3, 0.4) is 0 Å². The average Bonchev–Trinajstić information content (AvgIpc) is 2.95. The molecule has 0 saturated carbocycles. The number of esters is 1. The zero-order valence-corrected chi connectivity index (χ0v) is 14.4. The molecule has 0 N–H and O–H groups in total. The molecule has 0 aliphatic heterocycles. The van der Waals surface area contributed by atoms with Crippen molar-refractivity contribution in [1.82, 2.24) is 9.88 Å². The third-order valence-corrected chi connectivity index (χ3v) is 4.49. The molecule has 1 heterocycles. The largest absolute Gasteiger partial charge is 0.469 e. The van der Waals surface area contributed by atoms with Gasteiger partial charge in [0.2, 0.25) is 0 Å². The monoisotopic (exact) mass is 313 g/mol. The fourth-order valence-corrected chi connectivity index (χ4v) is 3.07. The Kier molecular flexibility index (Phi) is 8.30. The highest BCUT2D eigenvalue weighted by Gasteiger charge is 2.12. The maximum absolute atomic E-state index is 11.3. The van der Waals surface area contributed by atoms with Gasteiger partial charge in [-0.05, 0) is 33.0 Å². The van der Waals surface area contributed by atoms with Gasteiger partial charge in [0.1, 0.15) is 0 Å². The first kappa shape index (κ1) is 17.9. The minimum absolute atomic E-state index is 0.239. The van der Waals surface area contributed by atoms with E-state index in [1.165, 1.54) is 7.11 Å². The molecular weight excluding hydrogens is 286 g/mol. The van der Waals surface area contributed by atoms with E-state index in [0.717, 1.165) is 50.0 Å². The first-order valence-electron chi connectivity index (χ1n) is 7.63. The van der Waals surface area contributed by atoms with Crippen LogP contribution in [0.2, 0.25) is 0 Å². The number of nitrogens with zero attached hydrogens (tertiary/aromatic N) is 3. The van der Waals surface area contributed by atoms with Gasteiger partial charge in [-0.15, -0.1) is 11.3 Å². The summed E-state index contributed by atoms with van der Waals surface area (Å²) in [6.07, 6.45) is 1.38. The molecule has 0 fully saturated rings. The van der Waals surface area contributed by atoms with Crippen LogP contribution in [-0.2, 0) is 16.0 Å². The van der Waals surface area contributed by atoms with Gasteiger partial charge in [-0.1, -0.05) is 13.8 Å². The van der Waals surface area contributed by atoms with Crippen molar-refractivity contribution in [2.75, 3.05) is 44.7 Å². The van der Waals surface area contributed by atoms with Crippen molar-refractivity contribution in [1.29, 1.82) is 0 Å². The Balaban J connectivity index is 2.50. The van der Waals surface area contributed by atoms with Crippen LogP contribution in [0.1, 0.15) is 32.9 Å². The summed E-state index contributed by atoms with van der Waals surface area (Å²) >= 11 is 1.60. The molecular formula is C15H27N3O2S. The standard InChI is InChI=1S/C15H27N3O2S/c1-5-17(6-2)9-8-10-18(7-3)15-16-13(12-21-15)11-14(19)20-4/h12H,5-11H2,1-4H3. The number of methoxy groups -OCH3 is 1. The number of aromatic nitrogens is 1. The van der Waals surface area contributed by atoms with Crippen LogP contribution < -0.4 is 4.90 Å². The summed E-state index contributed by atoms with van der Waals surface area (Å²) in [7, 11) is 1.40. The van der Waals surface area contributed by atoms with Gasteiger partial charge in [0, 0.05) is 18.5 Å². The van der Waals surface area contributed by atoms with Gasteiger partial charge in [-0.25, -0.2) is 4.98 Å². The maximum atomic E-state index is 11.3. The number of anilines is 1. The molecule has 0 aliphatic rings. The third kappa shape index (κ3) is 6.01. The number of hydrogen-bond donors (Lipinski definition) is 0. The molecule has 0 aliphatic carbocycles. The Labute approximate surface area is 131 Å². The van der Waals surface area contributed by atoms with E-state index in [1.54, 1.807) is 11.3 Å². The zero-order chi connectivity index (χ0) is 15.7. The van der Waals surface area contributed by atoms with E-state index >= 15 is 0 Å². The van der Waals surface area contributed by atoms with E-state index < -0.39 is 0 Å². The highest BCUT2D eigenvalue weighted by Crippen LogP contribution is 2.21. The minimum Gasteiger partial charge on any atom is -0.469 e. The predicted octanol–water partition coefficient (Wildman–Crippen LogP) is 2.42. The molecule has 120 valence electrons. The van der Waals surface area contributed by atoms with Crippen molar-refractivity contribution in [3.8, 4) is 0 Å². The molecule has 6 heteroatoms. The SMILES string of the molecule is CCN(CC)CCCN(CC)c1nc(CC(=O)OC)cs1. The highest BCUT2D eigenvalue weighted by molar-refractivity contribution is 7.13. The molecule has 0 atom stereocenters. The molecule has 0 spiro atoms. The van der Waals surface area contributed by atoms with Gasteiger partial charge < -0.3 is 14.5 Å². The van der Waals surface area contributed by atoms with Crippen molar-refractivity contribution < 1.29 is 9.53 Å². The molecule has 0 saturated heterocycles. The summed E-state index contributed by atoms with van der Waals surface area (Å²) in [6.45, 7) is 11.8. The normalized spacial score (nSPS) is 10.9. The molecule has 1 aromatic heterocycles.